The first kappa shape index (κ1) is 18.7. The van der Waals surface area contributed by atoms with Gasteiger partial charge in [-0.25, -0.2) is 0 Å². The summed E-state index contributed by atoms with van der Waals surface area (Å²) in [7, 11) is 0. The number of nitrogens with zero attached hydrogens (tertiary/aromatic N) is 3. The molecule has 2 unspecified atom stereocenters. The van der Waals surface area contributed by atoms with Crippen molar-refractivity contribution in [3.63, 3.8) is 0 Å². The fraction of sp³-hybridized carbons (Fsp3) is 0.600. The smallest absolute Gasteiger partial charge is 0.370 e. The summed E-state index contributed by atoms with van der Waals surface area (Å²) < 4.78 is 40.1. The summed E-state index contributed by atoms with van der Waals surface area (Å²) in [5, 5.41) is 7.64. The molecule has 4 aliphatic heterocycles. The number of alkyl halides is 3. The Morgan fingerprint density at radius 1 is 1.10 bits per heavy atom. The lowest BCUT2D eigenvalue weighted by atomic mass is 9.90. The monoisotopic (exact) mass is 407 g/mol. The number of hydrogen-bond acceptors (Lipinski definition) is 5. The van der Waals surface area contributed by atoms with Crippen LogP contribution in [0.15, 0.2) is 29.4 Å². The molecule has 0 saturated carbocycles. The summed E-state index contributed by atoms with van der Waals surface area (Å²) in [5.74, 6) is 0.461. The third-order valence-corrected chi connectivity index (χ3v) is 6.73. The maximum absolute atomic E-state index is 13.4. The van der Waals surface area contributed by atoms with Gasteiger partial charge in [0.2, 0.25) is 0 Å². The largest absolute Gasteiger partial charge is 0.418 e. The third-order valence-electron chi connectivity index (χ3n) is 6.73. The van der Waals surface area contributed by atoms with Crippen molar-refractivity contribution in [3.8, 4) is 0 Å². The van der Waals surface area contributed by atoms with E-state index in [1.807, 2.05) is 9.80 Å². The van der Waals surface area contributed by atoms with Gasteiger partial charge in [-0.15, -0.1) is 0 Å². The van der Waals surface area contributed by atoms with E-state index in [-0.39, 0.29) is 35.4 Å². The van der Waals surface area contributed by atoms with E-state index in [0.29, 0.717) is 31.9 Å². The highest BCUT2D eigenvalue weighted by Crippen LogP contribution is 2.41. The van der Waals surface area contributed by atoms with E-state index in [4.69, 9.17) is 0 Å². The molecule has 1 aromatic carbocycles. The molecule has 6 nitrogen and oxygen atoms in total. The number of hydrazone groups is 1. The highest BCUT2D eigenvalue weighted by Gasteiger charge is 2.46. The van der Waals surface area contributed by atoms with Crippen LogP contribution in [0, 0.1) is 17.8 Å². The van der Waals surface area contributed by atoms with Gasteiger partial charge in [-0.1, -0.05) is 12.1 Å². The van der Waals surface area contributed by atoms with Gasteiger partial charge in [-0.05, 0) is 25.1 Å². The van der Waals surface area contributed by atoms with Gasteiger partial charge in [0.05, 0.1) is 11.6 Å². The van der Waals surface area contributed by atoms with Crippen LogP contribution < -0.4 is 15.6 Å². The molecule has 5 rings (SSSR count). The predicted molar refractivity (Wildman–Crippen MR) is 103 cm³/mol. The lowest BCUT2D eigenvalue weighted by Crippen LogP contribution is -2.48. The number of piperidine rings is 1. The Morgan fingerprint density at radius 2 is 1.83 bits per heavy atom. The number of amides is 1. The summed E-state index contributed by atoms with van der Waals surface area (Å²) >= 11 is 0. The van der Waals surface area contributed by atoms with Gasteiger partial charge in [0.15, 0.2) is 0 Å². The molecule has 4 heterocycles. The molecular weight excluding hydrogens is 383 g/mol. The SMILES string of the molecule is O=C(C1=NNC2CCNCC12)N1C[C@@H]2CN(c3ccccc3C(F)(F)F)C[C@@H]2C1. The maximum atomic E-state index is 13.4. The van der Waals surface area contributed by atoms with E-state index in [0.717, 1.165) is 25.6 Å². The highest BCUT2D eigenvalue weighted by molar-refractivity contribution is 6.40. The second-order valence-electron chi connectivity index (χ2n) is 8.48. The zero-order valence-corrected chi connectivity index (χ0v) is 16.0. The number of carbonyl (C=O) groups is 1. The van der Waals surface area contributed by atoms with Gasteiger partial charge in [0, 0.05) is 56.2 Å². The van der Waals surface area contributed by atoms with E-state index in [9.17, 15) is 18.0 Å². The van der Waals surface area contributed by atoms with Crippen LogP contribution >= 0.6 is 0 Å². The van der Waals surface area contributed by atoms with E-state index >= 15 is 0 Å². The fourth-order valence-corrected chi connectivity index (χ4v) is 5.25. The maximum Gasteiger partial charge on any atom is 0.418 e. The van der Waals surface area contributed by atoms with Crippen LogP contribution in [0.25, 0.3) is 0 Å². The number of halogens is 3. The van der Waals surface area contributed by atoms with Crippen molar-refractivity contribution >= 4 is 17.3 Å². The van der Waals surface area contributed by atoms with Gasteiger partial charge in [0.1, 0.15) is 5.71 Å². The number of para-hydroxylation sites is 1. The fourth-order valence-electron chi connectivity index (χ4n) is 5.25. The molecule has 1 aromatic rings. The van der Waals surface area contributed by atoms with Crippen LogP contribution in [0.1, 0.15) is 12.0 Å². The quantitative estimate of drug-likeness (QED) is 0.781. The van der Waals surface area contributed by atoms with Crippen LogP contribution in [0.3, 0.4) is 0 Å². The first-order valence-electron chi connectivity index (χ1n) is 10.2. The number of carbonyl (C=O) groups excluding carboxylic acids is 1. The van der Waals surface area contributed by atoms with Crippen LogP contribution in [-0.4, -0.2) is 61.8 Å². The summed E-state index contributed by atoms with van der Waals surface area (Å²) in [6.07, 6.45) is -3.42. The molecule has 0 aromatic heterocycles. The predicted octanol–water partition coefficient (Wildman–Crippen LogP) is 1.54. The number of hydrogen-bond donors (Lipinski definition) is 2. The number of fused-ring (bicyclic) bond motifs is 2. The Morgan fingerprint density at radius 3 is 2.55 bits per heavy atom. The van der Waals surface area contributed by atoms with E-state index in [1.54, 1.807) is 12.1 Å². The number of anilines is 1. The van der Waals surface area contributed by atoms with Crippen molar-refractivity contribution in [1.29, 1.82) is 0 Å². The molecule has 2 N–H and O–H groups in total. The minimum atomic E-state index is -4.37. The van der Waals surface area contributed by atoms with Crippen molar-refractivity contribution in [1.82, 2.24) is 15.6 Å². The number of benzene rings is 1. The number of nitrogens with one attached hydrogen (secondary N) is 2. The number of rotatable bonds is 2. The Kier molecular flexibility index (Phi) is 4.45. The topological polar surface area (TPSA) is 60.0 Å². The van der Waals surface area contributed by atoms with E-state index in [2.05, 4.69) is 15.8 Å². The van der Waals surface area contributed by atoms with Crippen LogP contribution in [0.2, 0.25) is 0 Å². The van der Waals surface area contributed by atoms with Crippen LogP contribution in [0.4, 0.5) is 18.9 Å². The van der Waals surface area contributed by atoms with Crippen molar-refractivity contribution in [2.24, 2.45) is 22.9 Å². The summed E-state index contributed by atoms with van der Waals surface area (Å²) in [6.45, 7) is 3.93. The lowest BCUT2D eigenvalue weighted by molar-refractivity contribution is -0.137. The zero-order valence-electron chi connectivity index (χ0n) is 16.0. The molecule has 1 amide bonds. The van der Waals surface area contributed by atoms with Gasteiger partial charge in [0.25, 0.3) is 5.91 Å². The van der Waals surface area contributed by atoms with Crippen LogP contribution in [0.5, 0.6) is 0 Å². The molecule has 4 atom stereocenters. The molecule has 0 spiro atoms. The van der Waals surface area contributed by atoms with Crippen molar-refractivity contribution in [2.75, 3.05) is 44.2 Å². The Labute approximate surface area is 167 Å². The minimum Gasteiger partial charge on any atom is -0.370 e. The van der Waals surface area contributed by atoms with Crippen LogP contribution in [-0.2, 0) is 11.0 Å². The van der Waals surface area contributed by atoms with Gasteiger partial charge < -0.3 is 20.5 Å². The molecular formula is C20H24F3N5O. The van der Waals surface area contributed by atoms with Crippen molar-refractivity contribution in [3.05, 3.63) is 29.8 Å². The minimum absolute atomic E-state index is 0.0228. The standard InChI is InChI=1S/C20H24F3N5O/c21-20(22,23)15-3-1-2-4-17(15)27-8-12-10-28(11-13(12)9-27)19(29)18-14-7-24-6-5-16(14)25-26-18/h1-4,12-14,16,24-25H,5-11H2/t12-,13+,14?,16?. The summed E-state index contributed by atoms with van der Waals surface area (Å²) in [5.41, 5.74) is 3.35. The molecule has 156 valence electrons. The van der Waals surface area contributed by atoms with E-state index < -0.39 is 11.7 Å². The van der Waals surface area contributed by atoms with Gasteiger partial charge >= 0.3 is 6.18 Å². The molecule has 3 saturated heterocycles. The molecule has 29 heavy (non-hydrogen) atoms. The van der Waals surface area contributed by atoms with Gasteiger partial charge in [-0.3, -0.25) is 4.79 Å². The first-order chi connectivity index (χ1) is 13.9. The summed E-state index contributed by atoms with van der Waals surface area (Å²) in [4.78, 5) is 16.7. The Hall–Kier alpha value is -2.29. The molecule has 4 aliphatic rings. The lowest BCUT2D eigenvalue weighted by Gasteiger charge is -2.28. The first-order valence-corrected chi connectivity index (χ1v) is 10.2. The third kappa shape index (κ3) is 3.25. The van der Waals surface area contributed by atoms with Crippen molar-refractivity contribution < 1.29 is 18.0 Å². The normalized spacial score (nSPS) is 31.3. The number of likely N-dealkylation sites (tertiary alicyclic amines) is 1. The Bertz CT molecular complexity index is 828. The highest BCUT2D eigenvalue weighted by atomic mass is 19.4. The second kappa shape index (κ2) is 6.90. The molecule has 0 radical (unpaired) electrons. The van der Waals surface area contributed by atoms with Crippen molar-refractivity contribution in [2.45, 2.75) is 18.6 Å². The average Bonchev–Trinajstić information content (AvgIpc) is 3.39. The molecule has 0 bridgehead atoms. The van der Waals surface area contributed by atoms with E-state index in [1.165, 1.54) is 6.07 Å². The molecule has 9 heteroatoms. The summed E-state index contributed by atoms with van der Waals surface area (Å²) in [6, 6.07) is 5.98. The molecule has 3 fully saturated rings. The van der Waals surface area contributed by atoms with Gasteiger partial charge in [-0.2, -0.15) is 18.3 Å². The molecule has 0 aliphatic carbocycles. The second-order valence-corrected chi connectivity index (χ2v) is 8.48. The average molecular weight is 407 g/mol. The Balaban J connectivity index is 1.26. The zero-order chi connectivity index (χ0) is 20.2.